The summed E-state index contributed by atoms with van der Waals surface area (Å²) < 4.78 is 1.31. The molecule has 0 unspecified atom stereocenters. The van der Waals surface area contributed by atoms with Gasteiger partial charge in [-0.3, -0.25) is 9.59 Å². The van der Waals surface area contributed by atoms with E-state index in [0.717, 1.165) is 0 Å². The summed E-state index contributed by atoms with van der Waals surface area (Å²) in [5.74, 6) is -0.715. The van der Waals surface area contributed by atoms with Crippen LogP contribution in [0.3, 0.4) is 0 Å². The van der Waals surface area contributed by atoms with Crippen molar-refractivity contribution in [3.05, 3.63) is 11.9 Å². The van der Waals surface area contributed by atoms with E-state index in [2.05, 4.69) is 10.3 Å². The number of hydrogen-bond donors (Lipinski definition) is 1. The number of carbonyl (C=O) groups is 2. The summed E-state index contributed by atoms with van der Waals surface area (Å²) >= 11 is 0. The van der Waals surface area contributed by atoms with E-state index < -0.39 is 5.91 Å². The molecule has 0 spiro atoms. The molecule has 0 aliphatic heterocycles. The lowest BCUT2D eigenvalue weighted by molar-refractivity contribution is -0.131. The number of rotatable bonds is 5. The van der Waals surface area contributed by atoms with Gasteiger partial charge in [-0.25, -0.2) is 4.68 Å². The van der Waals surface area contributed by atoms with Gasteiger partial charge in [0, 0.05) is 13.1 Å². The van der Waals surface area contributed by atoms with Crippen LogP contribution in [0.1, 0.15) is 24.3 Å². The van der Waals surface area contributed by atoms with Gasteiger partial charge in [-0.15, -0.1) is 5.10 Å². The van der Waals surface area contributed by atoms with Gasteiger partial charge >= 0.3 is 0 Å². The van der Waals surface area contributed by atoms with Gasteiger partial charge in [-0.05, 0) is 13.8 Å². The van der Waals surface area contributed by atoms with Crippen molar-refractivity contribution >= 4 is 11.8 Å². The molecule has 2 N–H and O–H groups in total. The highest BCUT2D eigenvalue weighted by Gasteiger charge is 2.12. The lowest BCUT2D eigenvalue weighted by Crippen LogP contribution is -2.33. The van der Waals surface area contributed by atoms with Crippen molar-refractivity contribution in [3.8, 4) is 0 Å². The monoisotopic (exact) mass is 225 g/mol. The molecular formula is C9H15N5O2. The molecular weight excluding hydrogens is 210 g/mol. The standard InChI is InChI=1S/C9H15N5O2/c1-3-13(4-2)8(15)6-14-5-7(9(10)16)11-12-14/h5H,3-4,6H2,1-2H3,(H2,10,16). The molecule has 0 aromatic carbocycles. The van der Waals surface area contributed by atoms with Crippen molar-refractivity contribution in [2.75, 3.05) is 13.1 Å². The van der Waals surface area contributed by atoms with E-state index >= 15 is 0 Å². The minimum atomic E-state index is -0.651. The van der Waals surface area contributed by atoms with Crippen LogP contribution in [0.5, 0.6) is 0 Å². The van der Waals surface area contributed by atoms with Crippen molar-refractivity contribution in [1.82, 2.24) is 19.9 Å². The summed E-state index contributed by atoms with van der Waals surface area (Å²) in [6, 6.07) is 0. The maximum absolute atomic E-state index is 11.7. The van der Waals surface area contributed by atoms with Crippen LogP contribution in [0, 0.1) is 0 Å². The van der Waals surface area contributed by atoms with Crippen LogP contribution >= 0.6 is 0 Å². The Morgan fingerprint density at radius 2 is 2.06 bits per heavy atom. The fourth-order valence-corrected chi connectivity index (χ4v) is 1.30. The SMILES string of the molecule is CCN(CC)C(=O)Cn1cc(C(N)=O)nn1. The van der Waals surface area contributed by atoms with Crippen molar-refractivity contribution in [2.24, 2.45) is 5.73 Å². The van der Waals surface area contributed by atoms with E-state index in [9.17, 15) is 9.59 Å². The second kappa shape index (κ2) is 5.24. The van der Waals surface area contributed by atoms with Crippen LogP contribution in [-0.4, -0.2) is 44.8 Å². The maximum atomic E-state index is 11.7. The fourth-order valence-electron chi connectivity index (χ4n) is 1.30. The molecule has 0 saturated carbocycles. The minimum absolute atomic E-state index is 0.0624. The summed E-state index contributed by atoms with van der Waals surface area (Å²) in [6.45, 7) is 5.16. The first-order valence-corrected chi connectivity index (χ1v) is 5.06. The van der Waals surface area contributed by atoms with Crippen molar-refractivity contribution in [1.29, 1.82) is 0 Å². The lowest BCUT2D eigenvalue weighted by atomic mass is 10.4. The molecule has 1 aromatic rings. The van der Waals surface area contributed by atoms with Gasteiger partial charge in [0.15, 0.2) is 5.69 Å². The van der Waals surface area contributed by atoms with Crippen LogP contribution in [0.4, 0.5) is 0 Å². The third-order valence-electron chi connectivity index (χ3n) is 2.20. The predicted molar refractivity (Wildman–Crippen MR) is 56.5 cm³/mol. The molecule has 1 aromatic heterocycles. The van der Waals surface area contributed by atoms with Gasteiger partial charge in [-0.1, -0.05) is 5.21 Å². The number of carbonyl (C=O) groups excluding carboxylic acids is 2. The summed E-state index contributed by atoms with van der Waals surface area (Å²) in [5.41, 5.74) is 5.08. The number of hydrogen-bond acceptors (Lipinski definition) is 4. The molecule has 1 heterocycles. The summed E-state index contributed by atoms with van der Waals surface area (Å²) in [5, 5.41) is 7.19. The Bertz CT molecular complexity index is 383. The first-order chi connectivity index (χ1) is 7.58. The zero-order valence-corrected chi connectivity index (χ0v) is 9.38. The van der Waals surface area contributed by atoms with E-state index in [4.69, 9.17) is 5.73 Å². The van der Waals surface area contributed by atoms with Gasteiger partial charge in [0.25, 0.3) is 5.91 Å². The van der Waals surface area contributed by atoms with E-state index in [1.807, 2.05) is 13.8 Å². The number of nitrogens with zero attached hydrogens (tertiary/aromatic N) is 4. The average molecular weight is 225 g/mol. The molecule has 7 heteroatoms. The largest absolute Gasteiger partial charge is 0.364 e. The van der Waals surface area contributed by atoms with Crippen molar-refractivity contribution < 1.29 is 9.59 Å². The summed E-state index contributed by atoms with van der Waals surface area (Å²) in [7, 11) is 0. The molecule has 2 amide bonds. The molecule has 16 heavy (non-hydrogen) atoms. The highest BCUT2D eigenvalue weighted by atomic mass is 16.2. The van der Waals surface area contributed by atoms with Crippen LogP contribution in [-0.2, 0) is 11.3 Å². The predicted octanol–water partition coefficient (Wildman–Crippen LogP) is -0.755. The number of nitrogens with two attached hydrogens (primary N) is 1. The molecule has 0 atom stereocenters. The summed E-state index contributed by atoms with van der Waals surface area (Å²) in [4.78, 5) is 24.1. The minimum Gasteiger partial charge on any atom is -0.364 e. The normalized spacial score (nSPS) is 10.1. The van der Waals surface area contributed by atoms with Crippen LogP contribution in [0.2, 0.25) is 0 Å². The third kappa shape index (κ3) is 2.78. The molecule has 1 rings (SSSR count). The maximum Gasteiger partial charge on any atom is 0.270 e. The van der Waals surface area contributed by atoms with E-state index in [1.54, 1.807) is 4.90 Å². The van der Waals surface area contributed by atoms with Crippen molar-refractivity contribution in [3.63, 3.8) is 0 Å². The Labute approximate surface area is 93.2 Å². The molecule has 0 aliphatic carbocycles. The van der Waals surface area contributed by atoms with Crippen LogP contribution < -0.4 is 5.73 Å². The lowest BCUT2D eigenvalue weighted by Gasteiger charge is -2.17. The Balaban J connectivity index is 2.65. The number of likely N-dealkylation sites (N-methyl/N-ethyl adjacent to an activating group) is 1. The average Bonchev–Trinajstić information content (AvgIpc) is 2.68. The first-order valence-electron chi connectivity index (χ1n) is 5.06. The molecule has 0 aliphatic rings. The highest BCUT2D eigenvalue weighted by molar-refractivity contribution is 5.90. The second-order valence-electron chi connectivity index (χ2n) is 3.23. The topological polar surface area (TPSA) is 94.1 Å². The van der Waals surface area contributed by atoms with E-state index in [1.165, 1.54) is 10.9 Å². The van der Waals surface area contributed by atoms with Gasteiger partial charge in [-0.2, -0.15) is 0 Å². The zero-order chi connectivity index (χ0) is 12.1. The summed E-state index contributed by atoms with van der Waals surface area (Å²) in [6.07, 6.45) is 1.36. The quantitative estimate of drug-likeness (QED) is 0.713. The van der Waals surface area contributed by atoms with Gasteiger partial charge in [0.1, 0.15) is 6.54 Å². The molecule has 0 radical (unpaired) electrons. The highest BCUT2D eigenvalue weighted by Crippen LogP contribution is 1.95. The van der Waals surface area contributed by atoms with Crippen LogP contribution in [0.15, 0.2) is 6.20 Å². The number of aromatic nitrogens is 3. The van der Waals surface area contributed by atoms with E-state index in [0.29, 0.717) is 13.1 Å². The molecule has 88 valence electrons. The van der Waals surface area contributed by atoms with Gasteiger partial charge < -0.3 is 10.6 Å². The van der Waals surface area contributed by atoms with Crippen molar-refractivity contribution in [2.45, 2.75) is 20.4 Å². The molecule has 0 saturated heterocycles. The Morgan fingerprint density at radius 1 is 1.44 bits per heavy atom. The van der Waals surface area contributed by atoms with E-state index in [-0.39, 0.29) is 18.1 Å². The second-order valence-corrected chi connectivity index (χ2v) is 3.23. The Hall–Kier alpha value is -1.92. The molecule has 0 fully saturated rings. The molecule has 7 nitrogen and oxygen atoms in total. The first kappa shape index (κ1) is 12.2. The number of primary amides is 1. The number of amides is 2. The van der Waals surface area contributed by atoms with Crippen LogP contribution in [0.25, 0.3) is 0 Å². The third-order valence-corrected chi connectivity index (χ3v) is 2.20. The Kier molecular flexibility index (Phi) is 3.98. The smallest absolute Gasteiger partial charge is 0.270 e. The van der Waals surface area contributed by atoms with Gasteiger partial charge in [0.05, 0.1) is 6.20 Å². The zero-order valence-electron chi connectivity index (χ0n) is 9.38. The molecule has 0 bridgehead atoms. The fraction of sp³-hybridized carbons (Fsp3) is 0.556. The Morgan fingerprint density at radius 3 is 2.50 bits per heavy atom. The van der Waals surface area contributed by atoms with Gasteiger partial charge in [0.2, 0.25) is 5.91 Å².